The summed E-state index contributed by atoms with van der Waals surface area (Å²) < 4.78 is 0. The van der Waals surface area contributed by atoms with Gasteiger partial charge in [0.2, 0.25) is 0 Å². The summed E-state index contributed by atoms with van der Waals surface area (Å²) in [5.74, 6) is -5.95. The van der Waals surface area contributed by atoms with E-state index in [1.165, 1.54) is 11.0 Å². The van der Waals surface area contributed by atoms with Crippen LogP contribution in [0.25, 0.3) is 0 Å². The number of aliphatic hydroxyl groups is 2. The molecule has 10 heteroatoms. The highest BCUT2D eigenvalue weighted by Crippen LogP contribution is 2.43. The molecule has 2 aliphatic rings. The molecular weight excluding hydrogens is 478 g/mol. The third-order valence-corrected chi connectivity index (χ3v) is 6.84. The van der Waals surface area contributed by atoms with E-state index in [2.05, 4.69) is 5.32 Å². The molecule has 0 aromatic heterocycles. The Morgan fingerprint density at radius 3 is 2.35 bits per heavy atom. The minimum absolute atomic E-state index is 0.000738. The van der Waals surface area contributed by atoms with Gasteiger partial charge in [0.25, 0.3) is 5.91 Å². The molecule has 0 heterocycles. The summed E-state index contributed by atoms with van der Waals surface area (Å²) in [6.07, 6.45) is -1.96. The summed E-state index contributed by atoms with van der Waals surface area (Å²) >= 11 is 0. The maximum Gasteiger partial charge on any atom is 0.255 e. The van der Waals surface area contributed by atoms with Crippen molar-refractivity contribution >= 4 is 23.3 Å². The topological polar surface area (TPSA) is 170 Å². The number of carbonyl (C=O) groups excluding carboxylic acids is 4. The molecule has 0 fully saturated rings. The number of nitrogens with one attached hydrogen (secondary N) is 1. The lowest BCUT2D eigenvalue weighted by atomic mass is 9.70. The highest BCUT2D eigenvalue weighted by molar-refractivity contribution is 6.23. The summed E-state index contributed by atoms with van der Waals surface area (Å²) in [4.78, 5) is 53.9. The lowest BCUT2D eigenvalue weighted by Gasteiger charge is -2.37. The molecule has 0 saturated heterocycles. The minimum Gasteiger partial charge on any atom is -0.510 e. The van der Waals surface area contributed by atoms with Crippen LogP contribution in [0, 0.1) is 11.3 Å². The second-order valence-corrected chi connectivity index (χ2v) is 11.1. The van der Waals surface area contributed by atoms with Gasteiger partial charge >= 0.3 is 0 Å². The number of aliphatic hydroxyl groups excluding tert-OH is 2. The Labute approximate surface area is 215 Å². The summed E-state index contributed by atoms with van der Waals surface area (Å²) in [5, 5.41) is 35.3. The smallest absolute Gasteiger partial charge is 0.255 e. The van der Waals surface area contributed by atoms with E-state index in [0.717, 1.165) is 0 Å². The van der Waals surface area contributed by atoms with Crippen molar-refractivity contribution in [1.82, 2.24) is 10.2 Å². The van der Waals surface area contributed by atoms with Crippen molar-refractivity contribution in [2.24, 2.45) is 17.1 Å². The van der Waals surface area contributed by atoms with Gasteiger partial charge in [0.1, 0.15) is 23.3 Å². The highest BCUT2D eigenvalue weighted by Gasteiger charge is 2.47. The van der Waals surface area contributed by atoms with Gasteiger partial charge in [0, 0.05) is 24.5 Å². The van der Waals surface area contributed by atoms with E-state index in [9.17, 15) is 34.5 Å². The van der Waals surface area contributed by atoms with E-state index in [4.69, 9.17) is 5.73 Å². The Balaban J connectivity index is 2.21. The van der Waals surface area contributed by atoms with E-state index in [1.807, 2.05) is 20.8 Å². The summed E-state index contributed by atoms with van der Waals surface area (Å²) in [5.41, 5.74) is 4.67. The van der Waals surface area contributed by atoms with Crippen LogP contribution in [0.2, 0.25) is 0 Å². The third kappa shape index (κ3) is 5.22. The van der Waals surface area contributed by atoms with Gasteiger partial charge in [-0.25, -0.2) is 0 Å². The number of rotatable bonds is 7. The van der Waals surface area contributed by atoms with Gasteiger partial charge in [0.15, 0.2) is 17.3 Å². The number of carbonyl (C=O) groups is 4. The van der Waals surface area contributed by atoms with Crippen molar-refractivity contribution in [3.63, 3.8) is 0 Å². The summed E-state index contributed by atoms with van der Waals surface area (Å²) in [7, 11) is 3.15. The SMILES string of the molecule is CC1C(C(=O)[C@@H]2CC(=O)C(C(N)=O)=C(O)[C@H]2N(C)C)=C(C(O)NCC(C)(C)C)C(=O)c2c(O)cccc21. The quantitative estimate of drug-likeness (QED) is 0.266. The number of primary amides is 1. The number of benzene rings is 1. The zero-order valence-electron chi connectivity index (χ0n) is 22.0. The fraction of sp³-hybridized carbons (Fsp3) is 0.481. The van der Waals surface area contributed by atoms with E-state index in [-0.39, 0.29) is 27.9 Å². The molecule has 0 aliphatic heterocycles. The Kier molecular flexibility index (Phi) is 7.78. The second-order valence-electron chi connectivity index (χ2n) is 11.1. The molecule has 1 aromatic rings. The lowest BCUT2D eigenvalue weighted by molar-refractivity contribution is -0.129. The van der Waals surface area contributed by atoms with E-state index in [1.54, 1.807) is 33.2 Å². The van der Waals surface area contributed by atoms with E-state index in [0.29, 0.717) is 12.1 Å². The van der Waals surface area contributed by atoms with Crippen LogP contribution in [0.1, 0.15) is 56.0 Å². The molecule has 10 nitrogen and oxygen atoms in total. The van der Waals surface area contributed by atoms with Gasteiger partial charge in [-0.2, -0.15) is 0 Å². The van der Waals surface area contributed by atoms with Gasteiger partial charge < -0.3 is 21.1 Å². The van der Waals surface area contributed by atoms with E-state index >= 15 is 0 Å². The number of Topliss-reactive ketones (excluding diaryl/α,β-unsaturated/α-hetero) is 3. The number of ketones is 3. The van der Waals surface area contributed by atoms with E-state index < -0.39 is 65.1 Å². The van der Waals surface area contributed by atoms with Crippen LogP contribution in [0.15, 0.2) is 40.7 Å². The number of likely N-dealkylation sites (N-methyl/N-ethyl adjacent to an activating group) is 1. The van der Waals surface area contributed by atoms with Crippen LogP contribution >= 0.6 is 0 Å². The number of hydrogen-bond donors (Lipinski definition) is 5. The summed E-state index contributed by atoms with van der Waals surface area (Å²) in [6, 6.07) is 3.47. The molecule has 0 bridgehead atoms. The third-order valence-electron chi connectivity index (χ3n) is 6.84. The van der Waals surface area contributed by atoms with Crippen LogP contribution in [-0.4, -0.2) is 76.4 Å². The van der Waals surface area contributed by atoms with Crippen molar-refractivity contribution in [3.05, 3.63) is 51.8 Å². The number of fused-ring (bicyclic) bond motifs is 1. The van der Waals surface area contributed by atoms with Gasteiger partial charge in [-0.15, -0.1) is 0 Å². The molecule has 1 aromatic carbocycles. The Bertz CT molecular complexity index is 1220. The van der Waals surface area contributed by atoms with Crippen molar-refractivity contribution < 1.29 is 34.5 Å². The number of nitrogens with zero attached hydrogens (tertiary/aromatic N) is 1. The molecule has 2 aliphatic carbocycles. The van der Waals surface area contributed by atoms with Crippen LogP contribution in [0.3, 0.4) is 0 Å². The molecule has 37 heavy (non-hydrogen) atoms. The number of nitrogens with two attached hydrogens (primary N) is 1. The summed E-state index contributed by atoms with van der Waals surface area (Å²) in [6.45, 7) is 7.78. The molecule has 0 radical (unpaired) electrons. The predicted molar refractivity (Wildman–Crippen MR) is 136 cm³/mol. The molecule has 6 N–H and O–H groups in total. The maximum absolute atomic E-state index is 14.2. The van der Waals surface area contributed by atoms with Gasteiger partial charge in [-0.3, -0.25) is 29.4 Å². The molecule has 0 saturated carbocycles. The monoisotopic (exact) mass is 513 g/mol. The number of phenols is 1. The number of hydrogen-bond acceptors (Lipinski definition) is 9. The second kappa shape index (κ2) is 10.2. The normalized spacial score (nSPS) is 23.4. The number of phenolic OH excluding ortho intramolecular Hbond substituents is 1. The van der Waals surface area contributed by atoms with Gasteiger partial charge in [-0.05, 0) is 31.1 Å². The van der Waals surface area contributed by atoms with Gasteiger partial charge in [-0.1, -0.05) is 39.8 Å². The number of aromatic hydroxyl groups is 1. The zero-order chi connectivity index (χ0) is 28.0. The predicted octanol–water partition coefficient (Wildman–Crippen LogP) is 1.33. The standard InChI is InChI=1S/C27H35N3O7/c1-12-13-8-7-9-15(31)18(13)23(34)20(26(37)29-11-27(2,3)4)17(12)22(33)14-10-16(32)19(25(28)36)24(35)21(14)30(5)6/h7-9,12,14,21,26,29,31,35,37H,10-11H2,1-6H3,(H2,28,36)/t12?,14-,21+,26?/m1/s1. The van der Waals surface area contributed by atoms with Crippen molar-refractivity contribution in [2.75, 3.05) is 20.6 Å². The number of amides is 1. The Morgan fingerprint density at radius 1 is 1.19 bits per heavy atom. The first-order chi connectivity index (χ1) is 17.1. The molecule has 2 unspecified atom stereocenters. The Hall–Kier alpha value is -3.34. The average molecular weight is 514 g/mol. The molecular formula is C27H35N3O7. The fourth-order valence-electron chi connectivity index (χ4n) is 5.13. The first-order valence-corrected chi connectivity index (χ1v) is 12.1. The van der Waals surface area contributed by atoms with Gasteiger partial charge in [0.05, 0.1) is 23.1 Å². The fourth-order valence-corrected chi connectivity index (χ4v) is 5.13. The lowest BCUT2D eigenvalue weighted by Crippen LogP contribution is -2.49. The van der Waals surface area contributed by atoms with Crippen LogP contribution in [-0.2, 0) is 14.4 Å². The zero-order valence-corrected chi connectivity index (χ0v) is 22.0. The molecule has 200 valence electrons. The molecule has 1 amide bonds. The van der Waals surface area contributed by atoms with Crippen LogP contribution in [0.5, 0.6) is 5.75 Å². The maximum atomic E-state index is 14.2. The highest BCUT2D eigenvalue weighted by atomic mass is 16.3. The first kappa shape index (κ1) is 28.2. The van der Waals surface area contributed by atoms with Crippen LogP contribution < -0.4 is 11.1 Å². The Morgan fingerprint density at radius 2 is 1.81 bits per heavy atom. The van der Waals surface area contributed by atoms with Crippen molar-refractivity contribution in [1.29, 1.82) is 0 Å². The molecule has 4 atom stereocenters. The van der Waals surface area contributed by atoms with Crippen molar-refractivity contribution in [3.8, 4) is 5.75 Å². The average Bonchev–Trinajstić information content (AvgIpc) is 2.77. The molecule has 0 spiro atoms. The largest absolute Gasteiger partial charge is 0.510 e. The number of allylic oxidation sites excluding steroid dienone is 1. The van der Waals surface area contributed by atoms with Crippen LogP contribution in [0.4, 0.5) is 0 Å². The molecule has 3 rings (SSSR count). The van der Waals surface area contributed by atoms with Crippen molar-refractivity contribution in [2.45, 2.75) is 52.3 Å². The minimum atomic E-state index is -1.54. The first-order valence-electron chi connectivity index (χ1n) is 12.1.